The van der Waals surface area contributed by atoms with Crippen molar-refractivity contribution in [2.75, 3.05) is 29.9 Å². The summed E-state index contributed by atoms with van der Waals surface area (Å²) in [6.45, 7) is 7.14. The molecule has 204 valence electrons. The number of halogens is 3. The van der Waals surface area contributed by atoms with Crippen LogP contribution in [0.25, 0.3) is 0 Å². The number of carbonyl (C=O) groups is 3. The molecule has 5 rings (SSSR count). The first kappa shape index (κ1) is 26.0. The molecule has 1 N–H and O–H groups in total. The molecule has 13 heteroatoms. The fourth-order valence-electron chi connectivity index (χ4n) is 5.43. The van der Waals surface area contributed by atoms with E-state index < -0.39 is 29.4 Å². The van der Waals surface area contributed by atoms with Crippen LogP contribution in [0.2, 0.25) is 0 Å². The highest BCUT2D eigenvalue weighted by Gasteiger charge is 2.41. The molecule has 3 aliphatic rings. The van der Waals surface area contributed by atoms with Gasteiger partial charge in [0.15, 0.2) is 17.5 Å². The standard InChI is InChI=1S/C25H29F3N6O4/c1-13-8-34-21(12-32(13)25(37)30-17-5-18(26)23(28)19(27)6-17)20(7-29-34)33-11-16(4-22(33)35)24(36)31-9-14(2)38-15(3)10-31/h5-7,13-16H,4,8-12H2,1-3H3,(H,30,37)/t13-,14+,15+,16?/m0/s1. The minimum atomic E-state index is -1.62. The molecular formula is C25H29F3N6O4. The maximum Gasteiger partial charge on any atom is 0.322 e. The van der Waals surface area contributed by atoms with E-state index in [-0.39, 0.29) is 55.3 Å². The van der Waals surface area contributed by atoms with Gasteiger partial charge in [0.05, 0.1) is 54.8 Å². The number of hydrogen-bond donors (Lipinski definition) is 1. The van der Waals surface area contributed by atoms with Gasteiger partial charge in [-0.15, -0.1) is 0 Å². The van der Waals surface area contributed by atoms with Gasteiger partial charge in [-0.1, -0.05) is 0 Å². The van der Waals surface area contributed by atoms with Crippen molar-refractivity contribution in [3.63, 3.8) is 0 Å². The van der Waals surface area contributed by atoms with Crippen molar-refractivity contribution >= 4 is 29.2 Å². The molecule has 2 saturated heterocycles. The fraction of sp³-hybridized carbons (Fsp3) is 0.520. The lowest BCUT2D eigenvalue weighted by atomic mass is 10.1. The Hall–Kier alpha value is -3.61. The Kier molecular flexibility index (Phi) is 6.80. The van der Waals surface area contributed by atoms with Crippen LogP contribution in [0.3, 0.4) is 0 Å². The smallest absolute Gasteiger partial charge is 0.322 e. The Labute approximate surface area is 217 Å². The summed E-state index contributed by atoms with van der Waals surface area (Å²) in [5.74, 6) is -5.24. The Bertz CT molecular complexity index is 1250. The second-order valence-electron chi connectivity index (χ2n) is 10.2. The number of nitrogens with zero attached hydrogens (tertiary/aromatic N) is 5. The Morgan fingerprint density at radius 1 is 1.03 bits per heavy atom. The van der Waals surface area contributed by atoms with Crippen LogP contribution < -0.4 is 10.2 Å². The second kappa shape index (κ2) is 9.93. The number of fused-ring (bicyclic) bond motifs is 1. The molecule has 3 aliphatic heterocycles. The molecule has 0 spiro atoms. The monoisotopic (exact) mass is 534 g/mol. The number of amides is 4. The summed E-state index contributed by atoms with van der Waals surface area (Å²) in [5.41, 5.74) is 0.892. The quantitative estimate of drug-likeness (QED) is 0.611. The lowest BCUT2D eigenvalue weighted by molar-refractivity contribution is -0.147. The SMILES string of the molecule is C[C@@H]1CN(C(=O)C2CC(=O)N(c3cnn4c3CN(C(=O)Nc3cc(F)c(F)c(F)c3)[C@@H](C)C4)C2)C[C@@H](C)O1. The van der Waals surface area contributed by atoms with E-state index in [0.29, 0.717) is 43.1 Å². The maximum atomic E-state index is 13.6. The molecule has 0 aliphatic carbocycles. The molecule has 4 atom stereocenters. The zero-order valence-corrected chi connectivity index (χ0v) is 21.3. The number of morpholine rings is 1. The van der Waals surface area contributed by atoms with Crippen LogP contribution in [0, 0.1) is 23.4 Å². The van der Waals surface area contributed by atoms with Gasteiger partial charge in [-0.3, -0.25) is 14.3 Å². The summed E-state index contributed by atoms with van der Waals surface area (Å²) < 4.78 is 47.9. The predicted molar refractivity (Wildman–Crippen MR) is 130 cm³/mol. The third-order valence-corrected chi connectivity index (χ3v) is 7.21. The Morgan fingerprint density at radius 2 is 1.68 bits per heavy atom. The maximum absolute atomic E-state index is 13.6. The first-order valence-corrected chi connectivity index (χ1v) is 12.5. The van der Waals surface area contributed by atoms with E-state index in [1.54, 1.807) is 22.7 Å². The van der Waals surface area contributed by atoms with Crippen molar-refractivity contribution in [1.82, 2.24) is 19.6 Å². The number of nitrogens with one attached hydrogen (secondary N) is 1. The van der Waals surface area contributed by atoms with Gasteiger partial charge in [-0.2, -0.15) is 5.10 Å². The molecule has 0 saturated carbocycles. The predicted octanol–water partition coefficient (Wildman–Crippen LogP) is 2.73. The molecule has 38 heavy (non-hydrogen) atoms. The van der Waals surface area contributed by atoms with Crippen molar-refractivity contribution in [2.24, 2.45) is 5.92 Å². The van der Waals surface area contributed by atoms with Gasteiger partial charge in [0.2, 0.25) is 11.8 Å². The molecule has 0 radical (unpaired) electrons. The first-order valence-electron chi connectivity index (χ1n) is 12.5. The number of benzene rings is 1. The number of urea groups is 1. The van der Waals surface area contributed by atoms with Crippen LogP contribution in [-0.2, 0) is 27.4 Å². The zero-order valence-electron chi connectivity index (χ0n) is 21.3. The molecule has 4 heterocycles. The first-order chi connectivity index (χ1) is 18.0. The number of carbonyl (C=O) groups excluding carboxylic acids is 3. The lowest BCUT2D eigenvalue weighted by Crippen LogP contribution is -2.50. The van der Waals surface area contributed by atoms with E-state index in [2.05, 4.69) is 10.4 Å². The van der Waals surface area contributed by atoms with E-state index in [9.17, 15) is 27.6 Å². The molecule has 10 nitrogen and oxygen atoms in total. The molecule has 0 bridgehead atoms. The number of rotatable bonds is 3. The van der Waals surface area contributed by atoms with E-state index in [1.165, 1.54) is 9.80 Å². The van der Waals surface area contributed by atoms with Gasteiger partial charge in [-0.05, 0) is 20.8 Å². The fourth-order valence-corrected chi connectivity index (χ4v) is 5.43. The molecule has 4 amide bonds. The highest BCUT2D eigenvalue weighted by Crippen LogP contribution is 2.33. The summed E-state index contributed by atoms with van der Waals surface area (Å²) in [7, 11) is 0. The van der Waals surface area contributed by atoms with Crippen molar-refractivity contribution < 1.29 is 32.3 Å². The number of anilines is 2. The summed E-state index contributed by atoms with van der Waals surface area (Å²) in [5, 5.41) is 6.79. The molecule has 1 aromatic carbocycles. The van der Waals surface area contributed by atoms with Crippen LogP contribution in [0.5, 0.6) is 0 Å². The molecular weight excluding hydrogens is 505 g/mol. The van der Waals surface area contributed by atoms with Crippen molar-refractivity contribution in [2.45, 2.75) is 58.5 Å². The molecule has 1 unspecified atom stereocenters. The van der Waals surface area contributed by atoms with Gasteiger partial charge in [0.1, 0.15) is 0 Å². The average Bonchev–Trinajstić information content (AvgIpc) is 3.43. The van der Waals surface area contributed by atoms with Gasteiger partial charge in [0, 0.05) is 43.9 Å². The lowest BCUT2D eigenvalue weighted by Gasteiger charge is -2.36. The third-order valence-electron chi connectivity index (χ3n) is 7.21. The van der Waals surface area contributed by atoms with Crippen molar-refractivity contribution in [1.29, 1.82) is 0 Å². The van der Waals surface area contributed by atoms with Crippen LogP contribution in [0.4, 0.5) is 29.3 Å². The van der Waals surface area contributed by atoms with E-state index in [0.717, 1.165) is 0 Å². The van der Waals surface area contributed by atoms with Gasteiger partial charge in [-0.25, -0.2) is 18.0 Å². The summed E-state index contributed by atoms with van der Waals surface area (Å²) in [6, 6.07) is 0.435. The third kappa shape index (κ3) is 4.82. The second-order valence-corrected chi connectivity index (χ2v) is 10.2. The minimum Gasteiger partial charge on any atom is -0.372 e. The number of ether oxygens (including phenoxy) is 1. The minimum absolute atomic E-state index is 0.0649. The summed E-state index contributed by atoms with van der Waals surface area (Å²) in [4.78, 5) is 43.9. The highest BCUT2D eigenvalue weighted by molar-refractivity contribution is 6.00. The zero-order chi connectivity index (χ0) is 27.3. The largest absolute Gasteiger partial charge is 0.372 e. The van der Waals surface area contributed by atoms with Gasteiger partial charge < -0.3 is 24.8 Å². The van der Waals surface area contributed by atoms with Crippen LogP contribution in [0.15, 0.2) is 18.3 Å². The van der Waals surface area contributed by atoms with Crippen molar-refractivity contribution in [3.8, 4) is 0 Å². The normalized spacial score (nSPS) is 25.5. The summed E-state index contributed by atoms with van der Waals surface area (Å²) >= 11 is 0. The van der Waals surface area contributed by atoms with E-state index in [4.69, 9.17) is 4.74 Å². The van der Waals surface area contributed by atoms with Gasteiger partial charge in [0.25, 0.3) is 0 Å². The average molecular weight is 535 g/mol. The topological polar surface area (TPSA) is 100 Å². The highest BCUT2D eigenvalue weighted by atomic mass is 19.2. The Morgan fingerprint density at radius 3 is 2.34 bits per heavy atom. The number of aromatic nitrogens is 2. The summed E-state index contributed by atoms with van der Waals surface area (Å²) in [6.07, 6.45) is 1.46. The Balaban J connectivity index is 1.31. The van der Waals surface area contributed by atoms with E-state index >= 15 is 0 Å². The van der Waals surface area contributed by atoms with Crippen LogP contribution in [-0.4, -0.2) is 75.3 Å². The number of hydrogen-bond acceptors (Lipinski definition) is 5. The van der Waals surface area contributed by atoms with Crippen molar-refractivity contribution in [3.05, 3.63) is 41.5 Å². The van der Waals surface area contributed by atoms with Crippen LogP contribution in [0.1, 0.15) is 32.9 Å². The molecule has 2 aromatic rings. The molecule has 1 aromatic heterocycles. The van der Waals surface area contributed by atoms with Gasteiger partial charge >= 0.3 is 6.03 Å². The van der Waals surface area contributed by atoms with Crippen LogP contribution >= 0.6 is 0 Å². The molecule has 2 fully saturated rings. The van der Waals surface area contributed by atoms with E-state index in [1.807, 2.05) is 13.8 Å².